The molecule has 11 rings (SSSR count). The van der Waals surface area contributed by atoms with Crippen LogP contribution in [0.3, 0.4) is 0 Å². The summed E-state index contributed by atoms with van der Waals surface area (Å²) in [6, 6.07) is 57.4. The van der Waals surface area contributed by atoms with Crippen LogP contribution in [0.4, 0.5) is 0 Å². The summed E-state index contributed by atoms with van der Waals surface area (Å²) in [4.78, 5) is 10.7. The van der Waals surface area contributed by atoms with Gasteiger partial charge in [0, 0.05) is 21.8 Å². The lowest BCUT2D eigenvalue weighted by molar-refractivity contribution is 0.614. The molecule has 0 spiro atoms. The average molecular weight is 763 g/mol. The Morgan fingerprint density at radius 2 is 1.36 bits per heavy atom. The van der Waals surface area contributed by atoms with Crippen LogP contribution < -0.4 is 0 Å². The topological polar surface area (TPSA) is 37.9 Å². The zero-order valence-corrected chi connectivity index (χ0v) is 33.7. The van der Waals surface area contributed by atoms with E-state index in [0.717, 1.165) is 94.4 Å². The second-order valence-electron chi connectivity index (χ2n) is 17.1. The van der Waals surface area contributed by atoms with E-state index in [9.17, 15) is 0 Å². The van der Waals surface area contributed by atoms with E-state index in [1.807, 2.05) is 18.2 Å². The van der Waals surface area contributed by atoms with E-state index in [2.05, 4.69) is 159 Å². The fourth-order valence-electron chi connectivity index (χ4n) is 10.1. The number of nitrogens with zero attached hydrogens (tertiary/aromatic N) is 2. The Morgan fingerprint density at radius 1 is 0.610 bits per heavy atom. The van der Waals surface area contributed by atoms with Crippen molar-refractivity contribution in [3.8, 4) is 22.3 Å². The van der Waals surface area contributed by atoms with E-state index in [4.69, 9.17) is 14.4 Å². The molecule has 3 aliphatic rings. The zero-order valence-electron chi connectivity index (χ0n) is 33.7. The first kappa shape index (κ1) is 35.6. The van der Waals surface area contributed by atoms with Crippen molar-refractivity contribution in [3.05, 3.63) is 208 Å². The van der Waals surface area contributed by atoms with Gasteiger partial charge in [-0.3, -0.25) is 0 Å². The van der Waals surface area contributed by atoms with Gasteiger partial charge in [-0.1, -0.05) is 153 Å². The lowest BCUT2D eigenvalue weighted by Crippen LogP contribution is -2.17. The largest absolute Gasteiger partial charge is 0.456 e. The Hall–Kier alpha value is -6.58. The fourth-order valence-corrected chi connectivity index (χ4v) is 10.1. The Morgan fingerprint density at radius 3 is 2.24 bits per heavy atom. The van der Waals surface area contributed by atoms with Crippen molar-refractivity contribution in [3.63, 3.8) is 0 Å². The molecule has 0 fully saturated rings. The summed E-state index contributed by atoms with van der Waals surface area (Å²) in [5, 5.41) is 2.25. The molecule has 0 bridgehead atoms. The van der Waals surface area contributed by atoms with E-state index >= 15 is 0 Å². The number of allylic oxidation sites excluding steroid dienone is 1. The maximum absolute atomic E-state index is 6.15. The molecule has 0 saturated heterocycles. The van der Waals surface area contributed by atoms with Crippen molar-refractivity contribution < 1.29 is 4.42 Å². The molecule has 1 unspecified atom stereocenters. The average Bonchev–Trinajstić information content (AvgIpc) is 3.80. The molecule has 7 aromatic carbocycles. The summed E-state index contributed by atoms with van der Waals surface area (Å²) in [6.45, 7) is 4.77. The fraction of sp³-hybridized carbons (Fsp3) is 0.179. The van der Waals surface area contributed by atoms with Crippen LogP contribution in [0.2, 0.25) is 0 Å². The van der Waals surface area contributed by atoms with Gasteiger partial charge < -0.3 is 4.42 Å². The van der Waals surface area contributed by atoms with E-state index in [1.54, 1.807) is 0 Å². The summed E-state index contributed by atoms with van der Waals surface area (Å²) in [6.07, 6.45) is 8.26. The maximum Gasteiger partial charge on any atom is 0.160 e. The molecule has 0 saturated carbocycles. The first-order valence-corrected chi connectivity index (χ1v) is 21.3. The van der Waals surface area contributed by atoms with Gasteiger partial charge in [-0.15, -0.1) is 0 Å². The number of fused-ring (bicyclic) bond motifs is 10. The quantitative estimate of drug-likeness (QED) is 0.166. The number of furan rings is 1. The first-order valence-electron chi connectivity index (χ1n) is 21.3. The van der Waals surface area contributed by atoms with Gasteiger partial charge in [-0.25, -0.2) is 9.98 Å². The monoisotopic (exact) mass is 762 g/mol. The second-order valence-corrected chi connectivity index (χ2v) is 17.1. The first-order chi connectivity index (χ1) is 29.0. The van der Waals surface area contributed by atoms with Crippen LogP contribution in [0.25, 0.3) is 49.9 Å². The van der Waals surface area contributed by atoms with Crippen molar-refractivity contribution in [2.24, 2.45) is 9.98 Å². The van der Waals surface area contributed by atoms with Crippen molar-refractivity contribution >= 4 is 39.2 Å². The van der Waals surface area contributed by atoms with Crippen LogP contribution in [-0.2, 0) is 18.3 Å². The zero-order chi connectivity index (χ0) is 39.5. The van der Waals surface area contributed by atoms with Crippen molar-refractivity contribution in [2.75, 3.05) is 0 Å². The smallest absolute Gasteiger partial charge is 0.160 e. The predicted molar refractivity (Wildman–Crippen MR) is 246 cm³/mol. The Labute approximate surface area is 346 Å². The van der Waals surface area contributed by atoms with Crippen molar-refractivity contribution in [2.45, 2.75) is 63.7 Å². The molecule has 1 atom stereocenters. The highest BCUT2D eigenvalue weighted by Crippen LogP contribution is 2.56. The molecule has 8 aromatic rings. The lowest BCUT2D eigenvalue weighted by atomic mass is 9.73. The van der Waals surface area contributed by atoms with Gasteiger partial charge >= 0.3 is 0 Å². The third-order valence-corrected chi connectivity index (χ3v) is 13.2. The molecule has 0 radical (unpaired) electrons. The van der Waals surface area contributed by atoms with Crippen molar-refractivity contribution in [1.82, 2.24) is 0 Å². The molecule has 2 heterocycles. The van der Waals surface area contributed by atoms with E-state index < -0.39 is 0 Å². The van der Waals surface area contributed by atoms with Crippen LogP contribution in [0.5, 0.6) is 0 Å². The molecule has 0 amide bonds. The van der Waals surface area contributed by atoms with Gasteiger partial charge in [-0.05, 0) is 130 Å². The number of benzene rings is 7. The molecule has 1 aliphatic heterocycles. The SMILES string of the molecule is CC1(C)c2ccccc2-c2c1ccc1c2-c2ccccc2CC1CCc1ccc(C2=CCCCC(c3ccc4oc5ccccc5c4c3)=NC(c3ccccc3)=N2)cc1. The second kappa shape index (κ2) is 14.4. The van der Waals surface area contributed by atoms with Gasteiger partial charge in [0.1, 0.15) is 11.2 Å². The molecule has 3 heteroatoms. The number of amidine groups is 1. The Balaban J connectivity index is 0.894. The lowest BCUT2D eigenvalue weighted by Gasteiger charge is -2.31. The number of aliphatic imine (C=N–C) groups is 2. The maximum atomic E-state index is 6.15. The minimum absolute atomic E-state index is 0.0125. The van der Waals surface area contributed by atoms with Gasteiger partial charge in [-0.2, -0.15) is 0 Å². The Bertz CT molecular complexity index is 3010. The molecule has 0 N–H and O–H groups in total. The number of para-hydroxylation sites is 1. The van der Waals surface area contributed by atoms with Crippen LogP contribution in [0.15, 0.2) is 178 Å². The Kier molecular flexibility index (Phi) is 8.66. The summed E-state index contributed by atoms with van der Waals surface area (Å²) < 4.78 is 6.15. The molecule has 2 aliphatic carbocycles. The van der Waals surface area contributed by atoms with Crippen LogP contribution >= 0.6 is 0 Å². The van der Waals surface area contributed by atoms with Gasteiger partial charge in [0.2, 0.25) is 0 Å². The highest BCUT2D eigenvalue weighted by molar-refractivity contribution is 6.16. The predicted octanol–water partition coefficient (Wildman–Crippen LogP) is 14.3. The molecular weight excluding hydrogens is 717 g/mol. The number of rotatable bonds is 6. The van der Waals surface area contributed by atoms with Gasteiger partial charge in [0.15, 0.2) is 5.84 Å². The molecule has 3 nitrogen and oxygen atoms in total. The van der Waals surface area contributed by atoms with E-state index in [-0.39, 0.29) is 5.41 Å². The van der Waals surface area contributed by atoms with E-state index in [1.165, 1.54) is 50.1 Å². The van der Waals surface area contributed by atoms with Gasteiger partial charge in [0.05, 0.1) is 11.4 Å². The third kappa shape index (κ3) is 6.19. The van der Waals surface area contributed by atoms with Crippen molar-refractivity contribution in [1.29, 1.82) is 0 Å². The third-order valence-electron chi connectivity index (χ3n) is 13.2. The molecule has 286 valence electrons. The minimum atomic E-state index is -0.0125. The standard InChI is InChI=1S/C56H46N2O/c1-56(2)47-20-10-8-19-45(47)54-48(56)32-31-43-40(34-39-16-6-7-17-42(39)53(43)54)29-26-36-24-27-37(28-25-36)49-21-11-12-22-50(58-55(57-49)38-14-4-3-5-15-38)41-30-33-52-46(35-41)44-18-9-13-23-51(44)59-52/h3-10,13-21,23-25,27-28,30-33,35,40H,11-12,22,26,29,34H2,1-2H3. The number of hydrogen-bond acceptors (Lipinski definition) is 3. The van der Waals surface area contributed by atoms with E-state index in [0.29, 0.717) is 5.92 Å². The number of aryl methyl sites for hydroxylation is 1. The van der Waals surface area contributed by atoms with Crippen LogP contribution in [0.1, 0.15) is 90.0 Å². The highest BCUT2D eigenvalue weighted by Gasteiger charge is 2.39. The summed E-state index contributed by atoms with van der Waals surface area (Å²) in [5.41, 5.74) is 20.0. The molecule has 1 aromatic heterocycles. The summed E-state index contributed by atoms with van der Waals surface area (Å²) >= 11 is 0. The summed E-state index contributed by atoms with van der Waals surface area (Å²) in [5.74, 6) is 1.19. The minimum Gasteiger partial charge on any atom is -0.456 e. The summed E-state index contributed by atoms with van der Waals surface area (Å²) in [7, 11) is 0. The molecule has 59 heavy (non-hydrogen) atoms. The highest BCUT2D eigenvalue weighted by atomic mass is 16.3. The normalized spacial score (nSPS) is 16.8. The van der Waals surface area contributed by atoms with Gasteiger partial charge in [0.25, 0.3) is 0 Å². The van der Waals surface area contributed by atoms with Crippen LogP contribution in [-0.4, -0.2) is 11.5 Å². The molecular formula is C56H46N2O. The van der Waals surface area contributed by atoms with Crippen LogP contribution in [0, 0.1) is 0 Å². The number of hydrogen-bond donors (Lipinski definition) is 0.